The number of carbonyl (C=O) groups excluding carboxylic acids is 2. The molecule has 2 aromatic rings. The lowest BCUT2D eigenvalue weighted by molar-refractivity contribution is 0.0599. The van der Waals surface area contributed by atoms with E-state index in [4.69, 9.17) is 4.42 Å². The zero-order valence-corrected chi connectivity index (χ0v) is 12.9. The van der Waals surface area contributed by atoms with E-state index in [1.807, 2.05) is 12.1 Å². The molecule has 0 aliphatic rings. The first kappa shape index (κ1) is 16.1. The van der Waals surface area contributed by atoms with Crippen molar-refractivity contribution in [3.05, 3.63) is 53.7 Å². The Kier molecular flexibility index (Phi) is 6.02. The molecule has 0 aromatic carbocycles. The van der Waals surface area contributed by atoms with E-state index in [-0.39, 0.29) is 11.6 Å². The highest BCUT2D eigenvalue weighted by molar-refractivity contribution is 7.98. The van der Waals surface area contributed by atoms with Crippen molar-refractivity contribution < 1.29 is 18.7 Å². The minimum Gasteiger partial charge on any atom is -0.468 e. The zero-order chi connectivity index (χ0) is 15.8. The molecule has 7 heteroatoms. The van der Waals surface area contributed by atoms with Crippen LogP contribution < -0.4 is 5.32 Å². The normalized spacial score (nSPS) is 10.2. The topological polar surface area (TPSA) is 81.4 Å². The Labute approximate surface area is 132 Å². The first-order chi connectivity index (χ1) is 10.7. The molecule has 2 aromatic heterocycles. The number of nitrogens with zero attached hydrogens (tertiary/aromatic N) is 1. The molecule has 0 atom stereocenters. The van der Waals surface area contributed by atoms with Crippen molar-refractivity contribution >= 4 is 23.6 Å². The number of aromatic nitrogens is 1. The predicted octanol–water partition coefficient (Wildman–Crippen LogP) is 2.12. The van der Waals surface area contributed by atoms with Crippen LogP contribution in [0.15, 0.2) is 41.1 Å². The monoisotopic (exact) mass is 320 g/mol. The van der Waals surface area contributed by atoms with Gasteiger partial charge in [0.15, 0.2) is 0 Å². The first-order valence-corrected chi connectivity index (χ1v) is 7.79. The SMILES string of the molecule is COC(=O)c1ccc(C(=O)NCCSCc2ccco2)nc1. The second-order valence-corrected chi connectivity index (χ2v) is 5.42. The third-order valence-electron chi connectivity index (χ3n) is 2.77. The van der Waals surface area contributed by atoms with Crippen LogP contribution in [0.3, 0.4) is 0 Å². The van der Waals surface area contributed by atoms with Gasteiger partial charge < -0.3 is 14.5 Å². The number of rotatable bonds is 7. The number of pyridine rings is 1. The summed E-state index contributed by atoms with van der Waals surface area (Å²) in [7, 11) is 1.29. The quantitative estimate of drug-likeness (QED) is 0.622. The summed E-state index contributed by atoms with van der Waals surface area (Å²) in [6.45, 7) is 0.532. The summed E-state index contributed by atoms with van der Waals surface area (Å²) in [5, 5.41) is 2.77. The van der Waals surface area contributed by atoms with E-state index in [0.717, 1.165) is 17.3 Å². The van der Waals surface area contributed by atoms with Gasteiger partial charge in [0.1, 0.15) is 11.5 Å². The number of nitrogens with one attached hydrogen (secondary N) is 1. The van der Waals surface area contributed by atoms with Crippen LogP contribution in [0.4, 0.5) is 0 Å². The van der Waals surface area contributed by atoms with Gasteiger partial charge in [0.25, 0.3) is 5.91 Å². The van der Waals surface area contributed by atoms with Crippen molar-refractivity contribution in [2.45, 2.75) is 5.75 Å². The second-order valence-electron chi connectivity index (χ2n) is 4.31. The molecule has 0 fully saturated rings. The third kappa shape index (κ3) is 4.63. The van der Waals surface area contributed by atoms with E-state index in [2.05, 4.69) is 15.0 Å². The molecule has 2 rings (SSSR count). The number of methoxy groups -OCH3 is 1. The zero-order valence-electron chi connectivity index (χ0n) is 12.1. The summed E-state index contributed by atoms with van der Waals surface area (Å²) in [6, 6.07) is 6.77. The van der Waals surface area contributed by atoms with Gasteiger partial charge in [-0.1, -0.05) is 0 Å². The van der Waals surface area contributed by atoms with Crippen LogP contribution in [0.5, 0.6) is 0 Å². The minimum absolute atomic E-state index is 0.267. The Bertz CT molecular complexity index is 611. The maximum atomic E-state index is 11.9. The maximum absolute atomic E-state index is 11.9. The van der Waals surface area contributed by atoms with Crippen molar-refractivity contribution in [1.29, 1.82) is 0 Å². The van der Waals surface area contributed by atoms with E-state index in [9.17, 15) is 9.59 Å². The van der Waals surface area contributed by atoms with Crippen LogP contribution in [0.2, 0.25) is 0 Å². The largest absolute Gasteiger partial charge is 0.468 e. The highest BCUT2D eigenvalue weighted by Gasteiger charge is 2.09. The molecule has 1 amide bonds. The molecule has 1 N–H and O–H groups in total. The molecule has 0 aliphatic heterocycles. The average molecular weight is 320 g/mol. The van der Waals surface area contributed by atoms with E-state index in [1.54, 1.807) is 18.0 Å². The summed E-state index contributed by atoms with van der Waals surface area (Å²) >= 11 is 1.67. The van der Waals surface area contributed by atoms with Crippen molar-refractivity contribution in [1.82, 2.24) is 10.3 Å². The van der Waals surface area contributed by atoms with E-state index in [0.29, 0.717) is 12.1 Å². The molecule has 0 aliphatic carbocycles. The van der Waals surface area contributed by atoms with Crippen LogP contribution in [-0.2, 0) is 10.5 Å². The Hall–Kier alpha value is -2.28. The summed E-state index contributed by atoms with van der Waals surface area (Å²) in [5.41, 5.74) is 0.580. The van der Waals surface area contributed by atoms with E-state index >= 15 is 0 Å². The molecule has 0 radical (unpaired) electrons. The van der Waals surface area contributed by atoms with Crippen LogP contribution >= 0.6 is 11.8 Å². The summed E-state index contributed by atoms with van der Waals surface area (Å²) in [4.78, 5) is 27.1. The highest BCUT2D eigenvalue weighted by Crippen LogP contribution is 2.11. The number of furan rings is 1. The fourth-order valence-electron chi connectivity index (χ4n) is 1.66. The Morgan fingerprint density at radius 2 is 2.23 bits per heavy atom. The molecule has 22 heavy (non-hydrogen) atoms. The lowest BCUT2D eigenvalue weighted by Gasteiger charge is -2.05. The number of amides is 1. The fourth-order valence-corrected chi connectivity index (χ4v) is 2.42. The molecule has 0 unspecified atom stereocenters. The fraction of sp³-hybridized carbons (Fsp3) is 0.267. The maximum Gasteiger partial charge on any atom is 0.339 e. The van der Waals surface area contributed by atoms with Gasteiger partial charge in [-0.15, -0.1) is 0 Å². The van der Waals surface area contributed by atoms with Crippen molar-refractivity contribution in [3.63, 3.8) is 0 Å². The lowest BCUT2D eigenvalue weighted by Crippen LogP contribution is -2.26. The second kappa shape index (κ2) is 8.23. The van der Waals surface area contributed by atoms with Crippen LogP contribution in [0.1, 0.15) is 26.6 Å². The molecule has 0 saturated carbocycles. The van der Waals surface area contributed by atoms with Gasteiger partial charge >= 0.3 is 5.97 Å². The van der Waals surface area contributed by atoms with E-state index < -0.39 is 5.97 Å². The number of carbonyl (C=O) groups is 2. The lowest BCUT2D eigenvalue weighted by atomic mass is 10.2. The summed E-state index contributed by atoms with van der Waals surface area (Å²) < 4.78 is 9.78. The smallest absolute Gasteiger partial charge is 0.339 e. The van der Waals surface area contributed by atoms with Crippen LogP contribution in [-0.4, -0.2) is 36.3 Å². The molecule has 2 heterocycles. The van der Waals surface area contributed by atoms with Gasteiger partial charge in [0.2, 0.25) is 0 Å². The molecular formula is C15H16N2O4S. The van der Waals surface area contributed by atoms with Crippen LogP contribution in [0.25, 0.3) is 0 Å². The number of hydrogen-bond acceptors (Lipinski definition) is 6. The van der Waals surface area contributed by atoms with Gasteiger partial charge in [-0.2, -0.15) is 11.8 Å². The number of esters is 1. The Morgan fingerprint density at radius 1 is 1.36 bits per heavy atom. The standard InChI is InChI=1S/C15H16N2O4S/c1-20-15(19)11-4-5-13(17-9-11)14(18)16-6-8-22-10-12-3-2-7-21-12/h2-5,7,9H,6,8,10H2,1H3,(H,16,18). The van der Waals surface area contributed by atoms with Gasteiger partial charge in [-0.25, -0.2) is 4.79 Å². The number of thioether (sulfide) groups is 1. The molecule has 116 valence electrons. The number of ether oxygens (including phenoxy) is 1. The predicted molar refractivity (Wildman–Crippen MR) is 82.8 cm³/mol. The van der Waals surface area contributed by atoms with Crippen molar-refractivity contribution in [3.8, 4) is 0 Å². The van der Waals surface area contributed by atoms with Crippen molar-refractivity contribution in [2.75, 3.05) is 19.4 Å². The number of hydrogen-bond donors (Lipinski definition) is 1. The molecule has 0 spiro atoms. The molecule has 0 saturated heterocycles. The molecular weight excluding hydrogens is 304 g/mol. The van der Waals surface area contributed by atoms with Crippen molar-refractivity contribution in [2.24, 2.45) is 0 Å². The Balaban J connectivity index is 1.71. The minimum atomic E-state index is -0.478. The van der Waals surface area contributed by atoms with Gasteiger partial charge in [0.05, 0.1) is 24.7 Å². The first-order valence-electron chi connectivity index (χ1n) is 6.63. The average Bonchev–Trinajstić information content (AvgIpc) is 3.07. The molecule has 0 bridgehead atoms. The summed E-state index contributed by atoms with van der Waals surface area (Å²) in [6.07, 6.45) is 2.97. The highest BCUT2D eigenvalue weighted by atomic mass is 32.2. The molecule has 6 nitrogen and oxygen atoms in total. The van der Waals surface area contributed by atoms with Gasteiger partial charge in [0, 0.05) is 18.5 Å². The Morgan fingerprint density at radius 3 is 2.86 bits per heavy atom. The van der Waals surface area contributed by atoms with Crippen LogP contribution in [0, 0.1) is 0 Å². The third-order valence-corrected chi connectivity index (χ3v) is 3.76. The van der Waals surface area contributed by atoms with Gasteiger partial charge in [-0.05, 0) is 24.3 Å². The summed E-state index contributed by atoms with van der Waals surface area (Å²) in [5.74, 6) is 1.71. The van der Waals surface area contributed by atoms with Gasteiger partial charge in [-0.3, -0.25) is 9.78 Å². The van der Waals surface area contributed by atoms with E-state index in [1.165, 1.54) is 25.4 Å².